The van der Waals surface area contributed by atoms with E-state index in [1.165, 1.54) is 25.0 Å². The highest BCUT2D eigenvalue weighted by Crippen LogP contribution is 2.27. The van der Waals surface area contributed by atoms with Gasteiger partial charge in [-0.2, -0.15) is 13.2 Å². The predicted molar refractivity (Wildman–Crippen MR) is 82.7 cm³/mol. The van der Waals surface area contributed by atoms with Gasteiger partial charge in [-0.05, 0) is 43.0 Å². The summed E-state index contributed by atoms with van der Waals surface area (Å²) in [5.41, 5.74) is 0.690. The number of hydrogen-bond donors (Lipinski definition) is 2. The Labute approximate surface area is 139 Å². The summed E-state index contributed by atoms with van der Waals surface area (Å²) >= 11 is 0. The summed E-state index contributed by atoms with van der Waals surface area (Å²) in [7, 11) is 0. The zero-order chi connectivity index (χ0) is 16.0. The van der Waals surface area contributed by atoms with E-state index in [0.29, 0.717) is 11.5 Å². The van der Waals surface area contributed by atoms with E-state index in [1.807, 2.05) is 0 Å². The van der Waals surface area contributed by atoms with Crippen LogP contribution in [0.5, 0.6) is 5.75 Å². The van der Waals surface area contributed by atoms with Crippen molar-refractivity contribution in [1.82, 2.24) is 10.6 Å². The number of amides is 1. The third kappa shape index (κ3) is 8.66. The zero-order valence-corrected chi connectivity index (χ0v) is 13.3. The van der Waals surface area contributed by atoms with Gasteiger partial charge in [-0.1, -0.05) is 12.1 Å². The molecule has 4 nitrogen and oxygen atoms in total. The van der Waals surface area contributed by atoms with Crippen molar-refractivity contribution in [3.8, 4) is 5.75 Å². The Morgan fingerprint density at radius 2 is 2.04 bits per heavy atom. The van der Waals surface area contributed by atoms with Crippen LogP contribution >= 0.6 is 12.4 Å². The minimum absolute atomic E-state index is 0. The molecule has 1 saturated carbocycles. The third-order valence-electron chi connectivity index (χ3n) is 3.21. The molecule has 0 atom stereocenters. The van der Waals surface area contributed by atoms with Crippen molar-refractivity contribution in [2.75, 3.05) is 19.7 Å². The molecule has 0 saturated heterocycles. The predicted octanol–water partition coefficient (Wildman–Crippen LogP) is 2.67. The Morgan fingerprint density at radius 1 is 1.30 bits per heavy atom. The summed E-state index contributed by atoms with van der Waals surface area (Å²) in [4.78, 5) is 11.6. The molecule has 23 heavy (non-hydrogen) atoms. The van der Waals surface area contributed by atoms with Crippen LogP contribution in [0.1, 0.15) is 18.4 Å². The molecule has 1 amide bonds. The number of halogens is 4. The summed E-state index contributed by atoms with van der Waals surface area (Å²) in [5, 5.41) is 5.78. The van der Waals surface area contributed by atoms with E-state index < -0.39 is 12.8 Å². The highest BCUT2D eigenvalue weighted by Gasteiger charge is 2.28. The number of benzene rings is 1. The highest BCUT2D eigenvalue weighted by atomic mass is 35.5. The van der Waals surface area contributed by atoms with Crippen LogP contribution in [0, 0.1) is 5.92 Å². The van der Waals surface area contributed by atoms with Crippen LogP contribution < -0.4 is 15.4 Å². The van der Waals surface area contributed by atoms with Gasteiger partial charge >= 0.3 is 6.18 Å². The molecule has 1 aliphatic rings. The highest BCUT2D eigenvalue weighted by molar-refractivity contribution is 5.85. The molecule has 2 rings (SSSR count). The van der Waals surface area contributed by atoms with Crippen molar-refractivity contribution in [2.24, 2.45) is 5.92 Å². The molecule has 8 heteroatoms. The standard InChI is InChI=1S/C15H19F3N2O2.ClH/c16-15(17,18)10-22-13-3-1-2-12(6-13)8-20-14(21)9-19-7-11-4-5-11;/h1-3,6,11,19H,4-5,7-10H2,(H,20,21);1H. The van der Waals surface area contributed by atoms with Gasteiger partial charge in [0.1, 0.15) is 5.75 Å². The molecule has 0 bridgehead atoms. The average molecular weight is 353 g/mol. The first-order valence-corrected chi connectivity index (χ1v) is 7.18. The number of ether oxygens (including phenoxy) is 1. The van der Waals surface area contributed by atoms with Crippen LogP contribution in [0.25, 0.3) is 0 Å². The monoisotopic (exact) mass is 352 g/mol. The second-order valence-corrected chi connectivity index (χ2v) is 5.40. The fourth-order valence-corrected chi connectivity index (χ4v) is 1.89. The van der Waals surface area contributed by atoms with Gasteiger partial charge in [0, 0.05) is 6.54 Å². The van der Waals surface area contributed by atoms with Crippen LogP contribution in [-0.2, 0) is 11.3 Å². The van der Waals surface area contributed by atoms with E-state index >= 15 is 0 Å². The van der Waals surface area contributed by atoms with Gasteiger partial charge in [-0.15, -0.1) is 12.4 Å². The number of carbonyl (C=O) groups excluding carboxylic acids is 1. The molecular weight excluding hydrogens is 333 g/mol. The largest absolute Gasteiger partial charge is 0.484 e. The van der Waals surface area contributed by atoms with Gasteiger partial charge in [-0.3, -0.25) is 4.79 Å². The van der Waals surface area contributed by atoms with Gasteiger partial charge in [0.15, 0.2) is 6.61 Å². The van der Waals surface area contributed by atoms with Crippen molar-refractivity contribution < 1.29 is 22.7 Å². The second kappa shape index (κ2) is 8.98. The number of rotatable bonds is 8. The van der Waals surface area contributed by atoms with Crippen molar-refractivity contribution in [1.29, 1.82) is 0 Å². The van der Waals surface area contributed by atoms with Gasteiger partial charge in [-0.25, -0.2) is 0 Å². The number of alkyl halides is 3. The normalized spacial score (nSPS) is 14.0. The van der Waals surface area contributed by atoms with Gasteiger partial charge in [0.2, 0.25) is 5.91 Å². The zero-order valence-electron chi connectivity index (χ0n) is 12.5. The Bertz CT molecular complexity index is 508. The molecule has 2 N–H and O–H groups in total. The van der Waals surface area contributed by atoms with Crippen molar-refractivity contribution in [3.63, 3.8) is 0 Å². The molecule has 1 fully saturated rings. The Kier molecular flexibility index (Phi) is 7.64. The smallest absolute Gasteiger partial charge is 0.422 e. The van der Waals surface area contributed by atoms with Crippen LogP contribution in [0.2, 0.25) is 0 Å². The lowest BCUT2D eigenvalue weighted by Crippen LogP contribution is -2.34. The Balaban J connectivity index is 0.00000264. The number of hydrogen-bond acceptors (Lipinski definition) is 3. The van der Waals surface area contributed by atoms with E-state index in [4.69, 9.17) is 0 Å². The summed E-state index contributed by atoms with van der Waals surface area (Å²) in [5.74, 6) is 0.702. The summed E-state index contributed by atoms with van der Waals surface area (Å²) in [6.07, 6.45) is -1.92. The van der Waals surface area contributed by atoms with Crippen LogP contribution in [0.15, 0.2) is 24.3 Å². The summed E-state index contributed by atoms with van der Waals surface area (Å²) < 4.78 is 40.9. The molecule has 0 spiro atoms. The van der Waals surface area contributed by atoms with Gasteiger partial charge in [0.25, 0.3) is 0 Å². The minimum Gasteiger partial charge on any atom is -0.484 e. The second-order valence-electron chi connectivity index (χ2n) is 5.40. The average Bonchev–Trinajstić information content (AvgIpc) is 3.27. The van der Waals surface area contributed by atoms with Crippen LogP contribution in [-0.4, -0.2) is 31.8 Å². The number of nitrogens with one attached hydrogen (secondary N) is 2. The van der Waals surface area contributed by atoms with E-state index in [9.17, 15) is 18.0 Å². The maximum absolute atomic E-state index is 12.1. The summed E-state index contributed by atoms with van der Waals surface area (Å²) in [6, 6.07) is 6.26. The Hall–Kier alpha value is -1.47. The van der Waals surface area contributed by atoms with E-state index in [-0.39, 0.29) is 37.2 Å². The molecular formula is C15H20ClF3N2O2. The molecule has 0 aromatic heterocycles. The SMILES string of the molecule is Cl.O=C(CNCC1CC1)NCc1cccc(OCC(F)(F)F)c1. The molecule has 0 aliphatic heterocycles. The minimum atomic E-state index is -4.36. The molecule has 1 aromatic rings. The number of carbonyl (C=O) groups is 1. The lowest BCUT2D eigenvalue weighted by molar-refractivity contribution is -0.153. The first kappa shape index (κ1) is 19.6. The molecule has 0 heterocycles. The molecule has 1 aromatic carbocycles. The van der Waals surface area contributed by atoms with Gasteiger partial charge in [0.05, 0.1) is 6.54 Å². The fraction of sp³-hybridized carbons (Fsp3) is 0.533. The lowest BCUT2D eigenvalue weighted by atomic mass is 10.2. The van der Waals surface area contributed by atoms with Gasteiger partial charge < -0.3 is 15.4 Å². The molecule has 130 valence electrons. The first-order valence-electron chi connectivity index (χ1n) is 7.18. The van der Waals surface area contributed by atoms with E-state index in [1.54, 1.807) is 12.1 Å². The fourth-order valence-electron chi connectivity index (χ4n) is 1.89. The van der Waals surface area contributed by atoms with Crippen molar-refractivity contribution >= 4 is 18.3 Å². The topological polar surface area (TPSA) is 50.4 Å². The van der Waals surface area contributed by atoms with Crippen LogP contribution in [0.3, 0.4) is 0 Å². The maximum Gasteiger partial charge on any atom is 0.422 e. The van der Waals surface area contributed by atoms with E-state index in [2.05, 4.69) is 15.4 Å². The maximum atomic E-state index is 12.1. The molecule has 0 unspecified atom stereocenters. The van der Waals surface area contributed by atoms with Crippen LogP contribution in [0.4, 0.5) is 13.2 Å². The third-order valence-corrected chi connectivity index (χ3v) is 3.21. The first-order chi connectivity index (χ1) is 10.4. The molecule has 1 aliphatic carbocycles. The lowest BCUT2D eigenvalue weighted by Gasteiger charge is -2.11. The van der Waals surface area contributed by atoms with Crippen molar-refractivity contribution in [3.05, 3.63) is 29.8 Å². The van der Waals surface area contributed by atoms with E-state index in [0.717, 1.165) is 6.54 Å². The quantitative estimate of drug-likeness (QED) is 0.756. The molecule has 0 radical (unpaired) electrons. The van der Waals surface area contributed by atoms with Crippen molar-refractivity contribution in [2.45, 2.75) is 25.6 Å². The summed E-state index contributed by atoms with van der Waals surface area (Å²) in [6.45, 7) is 0.0377. The Morgan fingerprint density at radius 3 is 2.70 bits per heavy atom.